The Balaban J connectivity index is 2.80. The molecule has 10 heavy (non-hydrogen) atoms. The summed E-state index contributed by atoms with van der Waals surface area (Å²) in [5, 5.41) is 0. The molecule has 3 heteroatoms. The summed E-state index contributed by atoms with van der Waals surface area (Å²) in [6, 6.07) is 6.58. The Hall–Kier alpha value is -0.700. The molecule has 0 atom stereocenters. The van der Waals surface area contributed by atoms with E-state index >= 15 is 0 Å². The number of hydrogen-bond donors (Lipinski definition) is 0. The van der Waals surface area contributed by atoms with Gasteiger partial charge in [-0.3, -0.25) is 0 Å². The van der Waals surface area contributed by atoms with Crippen molar-refractivity contribution in [2.45, 2.75) is 4.90 Å². The van der Waals surface area contributed by atoms with Gasteiger partial charge in [0.15, 0.2) is 0 Å². The fourth-order valence-corrected chi connectivity index (χ4v) is 0.826. The third-order valence-corrected chi connectivity index (χ3v) is 1.53. The molecule has 1 aromatic rings. The van der Waals surface area contributed by atoms with Crippen LogP contribution >= 0.6 is 12.1 Å². The van der Waals surface area contributed by atoms with Crippen LogP contribution in [-0.4, -0.2) is 0 Å². The molecule has 0 aliphatic carbocycles. The highest BCUT2D eigenvalue weighted by Crippen LogP contribution is 2.21. The Kier molecular flexibility index (Phi) is 2.57. The average Bonchev–Trinajstić information content (AvgIpc) is 2.05. The number of rotatable bonds is 2. The van der Waals surface area contributed by atoms with E-state index < -0.39 is 0 Å². The molecule has 1 rings (SSSR count). The van der Waals surface area contributed by atoms with Gasteiger partial charge in [-0.1, -0.05) is 0 Å². The molecule has 0 aromatic heterocycles. The number of halogens is 1. The minimum absolute atomic E-state index is 0.212. The standard InChI is InChI=1S/C7H6FOS/c1-9-6-2-4-7(10-8)5-3-6/h2-5H,1H2. The van der Waals surface area contributed by atoms with E-state index in [0.29, 0.717) is 10.6 Å². The van der Waals surface area contributed by atoms with E-state index in [1.165, 1.54) is 0 Å². The first-order chi connectivity index (χ1) is 4.86. The summed E-state index contributed by atoms with van der Waals surface area (Å²) in [6.07, 6.45) is 0. The van der Waals surface area contributed by atoms with Crippen LogP contribution in [0.15, 0.2) is 29.2 Å². The van der Waals surface area contributed by atoms with Crippen molar-refractivity contribution in [2.24, 2.45) is 0 Å². The first kappa shape index (κ1) is 7.41. The van der Waals surface area contributed by atoms with Gasteiger partial charge < -0.3 is 4.74 Å². The molecular formula is C7H6FOS. The Morgan fingerprint density at radius 2 is 1.90 bits per heavy atom. The highest BCUT2D eigenvalue weighted by molar-refractivity contribution is 7.94. The van der Waals surface area contributed by atoms with Crippen molar-refractivity contribution in [2.75, 3.05) is 0 Å². The third kappa shape index (κ3) is 1.64. The molecule has 0 aliphatic heterocycles. The van der Waals surface area contributed by atoms with E-state index in [9.17, 15) is 3.89 Å². The summed E-state index contributed by atoms with van der Waals surface area (Å²) >= 11 is 0.212. The van der Waals surface area contributed by atoms with Gasteiger partial charge in [0, 0.05) is 4.90 Å². The average molecular weight is 157 g/mol. The van der Waals surface area contributed by atoms with E-state index in [1.807, 2.05) is 0 Å². The fourth-order valence-electron chi connectivity index (χ4n) is 0.587. The molecule has 0 N–H and O–H groups in total. The Morgan fingerprint density at radius 1 is 1.30 bits per heavy atom. The zero-order chi connectivity index (χ0) is 7.40. The first-order valence-corrected chi connectivity index (χ1v) is 3.39. The van der Waals surface area contributed by atoms with E-state index in [0.717, 1.165) is 0 Å². The van der Waals surface area contributed by atoms with Crippen LogP contribution in [0.25, 0.3) is 0 Å². The topological polar surface area (TPSA) is 9.23 Å². The Morgan fingerprint density at radius 3 is 2.30 bits per heavy atom. The maximum Gasteiger partial charge on any atom is 0.122 e. The summed E-state index contributed by atoms with van der Waals surface area (Å²) in [6.45, 7) is 0. The molecule has 1 radical (unpaired) electrons. The highest BCUT2D eigenvalue weighted by atomic mass is 32.2. The van der Waals surface area contributed by atoms with E-state index in [4.69, 9.17) is 0 Å². The quantitative estimate of drug-likeness (QED) is 0.652. The van der Waals surface area contributed by atoms with Crippen molar-refractivity contribution < 1.29 is 8.62 Å². The van der Waals surface area contributed by atoms with Crippen LogP contribution in [0.2, 0.25) is 0 Å². The molecule has 0 aliphatic rings. The van der Waals surface area contributed by atoms with Crippen LogP contribution < -0.4 is 4.74 Å². The summed E-state index contributed by atoms with van der Waals surface area (Å²) in [5.74, 6) is 0.637. The van der Waals surface area contributed by atoms with Gasteiger partial charge in [0.25, 0.3) is 0 Å². The van der Waals surface area contributed by atoms with Gasteiger partial charge in [0.1, 0.15) is 12.9 Å². The highest BCUT2D eigenvalue weighted by Gasteiger charge is 1.92. The van der Waals surface area contributed by atoms with Crippen LogP contribution in [0, 0.1) is 7.11 Å². The lowest BCUT2D eigenvalue weighted by molar-refractivity contribution is 0.472. The summed E-state index contributed by atoms with van der Waals surface area (Å²) < 4.78 is 16.5. The lowest BCUT2D eigenvalue weighted by Crippen LogP contribution is -1.76. The van der Waals surface area contributed by atoms with Gasteiger partial charge in [-0.05, 0) is 24.3 Å². The predicted molar refractivity (Wildman–Crippen MR) is 39.4 cm³/mol. The molecule has 0 fully saturated rings. The Bertz CT molecular complexity index is 174. The molecule has 1 nitrogen and oxygen atoms in total. The maximum atomic E-state index is 11.8. The second kappa shape index (κ2) is 3.46. The molecule has 0 amide bonds. The van der Waals surface area contributed by atoms with Crippen LogP contribution in [0.3, 0.4) is 0 Å². The van der Waals surface area contributed by atoms with Crippen molar-refractivity contribution in [3.05, 3.63) is 31.4 Å². The minimum Gasteiger partial charge on any atom is -0.490 e. The molecule has 0 saturated heterocycles. The van der Waals surface area contributed by atoms with Crippen molar-refractivity contribution >= 4 is 12.1 Å². The van der Waals surface area contributed by atoms with Crippen LogP contribution in [0.4, 0.5) is 3.89 Å². The summed E-state index contributed by atoms with van der Waals surface area (Å²) in [4.78, 5) is 0.570. The molecular weight excluding hydrogens is 151 g/mol. The summed E-state index contributed by atoms with van der Waals surface area (Å²) in [7, 11) is 3.21. The van der Waals surface area contributed by atoms with E-state index in [2.05, 4.69) is 11.8 Å². The smallest absolute Gasteiger partial charge is 0.122 e. The lowest BCUT2D eigenvalue weighted by atomic mass is 10.3. The predicted octanol–water partition coefficient (Wildman–Crippen LogP) is 2.83. The van der Waals surface area contributed by atoms with Crippen molar-refractivity contribution in [1.29, 1.82) is 0 Å². The molecule has 0 heterocycles. The van der Waals surface area contributed by atoms with E-state index in [1.54, 1.807) is 24.3 Å². The number of hydrogen-bond acceptors (Lipinski definition) is 2. The molecule has 0 bridgehead atoms. The SMILES string of the molecule is [CH2]Oc1ccc(SF)cc1. The number of benzene rings is 1. The van der Waals surface area contributed by atoms with Gasteiger partial charge in [0.05, 0.1) is 12.1 Å². The van der Waals surface area contributed by atoms with E-state index in [-0.39, 0.29) is 12.1 Å². The van der Waals surface area contributed by atoms with Crippen molar-refractivity contribution in [1.82, 2.24) is 0 Å². The van der Waals surface area contributed by atoms with Gasteiger partial charge in [-0.15, -0.1) is 0 Å². The van der Waals surface area contributed by atoms with Gasteiger partial charge in [-0.25, -0.2) is 0 Å². The summed E-state index contributed by atoms with van der Waals surface area (Å²) in [5.41, 5.74) is 0. The van der Waals surface area contributed by atoms with Crippen molar-refractivity contribution in [3.63, 3.8) is 0 Å². The first-order valence-electron chi connectivity index (χ1n) is 2.67. The monoisotopic (exact) mass is 157 g/mol. The fraction of sp³-hybridized carbons (Fsp3) is 0. The zero-order valence-corrected chi connectivity index (χ0v) is 6.03. The lowest BCUT2D eigenvalue weighted by Gasteiger charge is -1.97. The van der Waals surface area contributed by atoms with Crippen LogP contribution in [-0.2, 0) is 0 Å². The molecule has 1 aromatic carbocycles. The Labute approximate surface area is 63.5 Å². The molecule has 0 spiro atoms. The van der Waals surface area contributed by atoms with Crippen molar-refractivity contribution in [3.8, 4) is 5.75 Å². The van der Waals surface area contributed by atoms with Crippen LogP contribution in [0.1, 0.15) is 0 Å². The molecule has 53 valence electrons. The third-order valence-electron chi connectivity index (χ3n) is 1.08. The normalized spacial score (nSPS) is 9.40. The largest absolute Gasteiger partial charge is 0.490 e. The van der Waals surface area contributed by atoms with Crippen LogP contribution in [0.5, 0.6) is 5.75 Å². The zero-order valence-electron chi connectivity index (χ0n) is 5.21. The molecule has 0 saturated carbocycles. The minimum atomic E-state index is 0.212. The second-order valence-electron chi connectivity index (χ2n) is 1.69. The molecule has 0 unspecified atom stereocenters. The van der Waals surface area contributed by atoms with Gasteiger partial charge in [0.2, 0.25) is 0 Å². The van der Waals surface area contributed by atoms with Gasteiger partial charge in [-0.2, -0.15) is 3.89 Å². The number of ether oxygens (including phenoxy) is 1. The van der Waals surface area contributed by atoms with Gasteiger partial charge >= 0.3 is 0 Å². The second-order valence-corrected chi connectivity index (χ2v) is 2.32. The maximum absolute atomic E-state index is 11.8.